The maximum absolute atomic E-state index is 12.7. The van der Waals surface area contributed by atoms with Crippen LogP contribution in [-0.4, -0.2) is 20.4 Å². The van der Waals surface area contributed by atoms with Crippen LogP contribution in [0.1, 0.15) is 30.0 Å². The predicted octanol–water partition coefficient (Wildman–Crippen LogP) is 5.21. The molecule has 6 nitrogen and oxygen atoms in total. The van der Waals surface area contributed by atoms with Crippen molar-refractivity contribution in [3.8, 4) is 5.75 Å². The van der Waals surface area contributed by atoms with E-state index in [0.717, 1.165) is 16.7 Å². The molecule has 1 amide bonds. The third-order valence-electron chi connectivity index (χ3n) is 5.31. The third kappa shape index (κ3) is 5.48. The molecule has 3 aromatic rings. The van der Waals surface area contributed by atoms with Gasteiger partial charge in [0, 0.05) is 5.69 Å². The van der Waals surface area contributed by atoms with Gasteiger partial charge in [0.25, 0.3) is 15.9 Å². The van der Waals surface area contributed by atoms with Gasteiger partial charge >= 0.3 is 0 Å². The molecule has 0 fully saturated rings. The Kier molecular flexibility index (Phi) is 7.20. The van der Waals surface area contributed by atoms with Crippen molar-refractivity contribution in [2.75, 3.05) is 10.0 Å². The first-order valence-electron chi connectivity index (χ1n) is 10.4. The molecule has 7 heteroatoms. The summed E-state index contributed by atoms with van der Waals surface area (Å²) >= 11 is 0. The minimum Gasteiger partial charge on any atom is -0.480 e. The summed E-state index contributed by atoms with van der Waals surface area (Å²) in [6, 6.07) is 18.9. The molecule has 0 unspecified atom stereocenters. The molecule has 32 heavy (non-hydrogen) atoms. The molecule has 0 heterocycles. The van der Waals surface area contributed by atoms with Crippen LogP contribution in [0.2, 0.25) is 0 Å². The molecular weight excluding hydrogens is 424 g/mol. The Bertz CT molecular complexity index is 1200. The fourth-order valence-corrected chi connectivity index (χ4v) is 4.29. The minimum absolute atomic E-state index is 0.109. The molecule has 3 rings (SSSR count). The number of ether oxygens (including phenoxy) is 1. The molecule has 0 aliphatic heterocycles. The average molecular weight is 453 g/mol. The van der Waals surface area contributed by atoms with Gasteiger partial charge in [-0.2, -0.15) is 0 Å². The molecule has 0 aliphatic rings. The summed E-state index contributed by atoms with van der Waals surface area (Å²) in [4.78, 5) is 12.8. The second-order valence-corrected chi connectivity index (χ2v) is 9.33. The average Bonchev–Trinajstić information content (AvgIpc) is 2.76. The number of carbonyl (C=O) groups is 1. The lowest BCUT2D eigenvalue weighted by Gasteiger charge is -2.19. The zero-order chi connectivity index (χ0) is 23.3. The summed E-state index contributed by atoms with van der Waals surface area (Å²) in [6.45, 7) is 7.66. The molecule has 0 bridgehead atoms. The van der Waals surface area contributed by atoms with Crippen molar-refractivity contribution in [3.63, 3.8) is 0 Å². The summed E-state index contributed by atoms with van der Waals surface area (Å²) in [5.41, 5.74) is 3.94. The molecule has 168 valence electrons. The van der Waals surface area contributed by atoms with Gasteiger partial charge in [-0.05, 0) is 80.3 Å². The lowest BCUT2D eigenvalue weighted by Crippen LogP contribution is -2.32. The van der Waals surface area contributed by atoms with Gasteiger partial charge in [0.2, 0.25) is 0 Å². The quantitative estimate of drug-likeness (QED) is 0.491. The van der Waals surface area contributed by atoms with Crippen LogP contribution >= 0.6 is 0 Å². The third-order valence-corrected chi connectivity index (χ3v) is 6.69. The van der Waals surface area contributed by atoms with Crippen molar-refractivity contribution in [2.45, 2.75) is 45.1 Å². The van der Waals surface area contributed by atoms with Gasteiger partial charge in [0.05, 0.1) is 10.6 Å². The second kappa shape index (κ2) is 9.87. The van der Waals surface area contributed by atoms with E-state index < -0.39 is 16.1 Å². The Morgan fingerprint density at radius 2 is 1.56 bits per heavy atom. The Morgan fingerprint density at radius 1 is 0.906 bits per heavy atom. The normalized spacial score (nSPS) is 12.1. The fraction of sp³-hybridized carbons (Fsp3) is 0.240. The molecule has 0 radical (unpaired) electrons. The van der Waals surface area contributed by atoms with E-state index in [-0.39, 0.29) is 10.8 Å². The molecule has 0 saturated heterocycles. The number of hydrogen-bond donors (Lipinski definition) is 2. The smallest absolute Gasteiger partial charge is 0.265 e. The number of carbonyl (C=O) groups excluding carboxylic acids is 1. The monoisotopic (exact) mass is 452 g/mol. The van der Waals surface area contributed by atoms with E-state index in [1.165, 1.54) is 12.1 Å². The lowest BCUT2D eigenvalue weighted by atomic mass is 10.1. The van der Waals surface area contributed by atoms with Crippen molar-refractivity contribution in [3.05, 3.63) is 83.4 Å². The largest absolute Gasteiger partial charge is 0.480 e. The maximum atomic E-state index is 12.7. The highest BCUT2D eigenvalue weighted by Gasteiger charge is 2.20. The molecule has 0 spiro atoms. The van der Waals surface area contributed by atoms with Gasteiger partial charge in [-0.3, -0.25) is 9.52 Å². The van der Waals surface area contributed by atoms with Crippen LogP contribution in [0.4, 0.5) is 11.4 Å². The number of nitrogens with one attached hydrogen (secondary N) is 2. The molecule has 3 aromatic carbocycles. The number of aryl methyl sites for hydroxylation is 2. The van der Waals surface area contributed by atoms with Crippen molar-refractivity contribution >= 4 is 27.3 Å². The van der Waals surface area contributed by atoms with Gasteiger partial charge in [0.1, 0.15) is 5.75 Å². The highest BCUT2D eigenvalue weighted by Crippen LogP contribution is 2.24. The molecule has 0 aliphatic carbocycles. The van der Waals surface area contributed by atoms with Crippen molar-refractivity contribution in [1.29, 1.82) is 0 Å². The molecule has 0 saturated carbocycles. The van der Waals surface area contributed by atoms with Crippen LogP contribution in [0, 0.1) is 20.8 Å². The van der Waals surface area contributed by atoms with Gasteiger partial charge < -0.3 is 10.1 Å². The van der Waals surface area contributed by atoms with E-state index in [0.29, 0.717) is 23.5 Å². The predicted molar refractivity (Wildman–Crippen MR) is 128 cm³/mol. The summed E-state index contributed by atoms with van der Waals surface area (Å²) in [5, 5.41) is 2.81. The summed E-state index contributed by atoms with van der Waals surface area (Å²) < 4.78 is 33.9. The second-order valence-electron chi connectivity index (χ2n) is 7.65. The number of sulfonamides is 1. The topological polar surface area (TPSA) is 84.5 Å². The maximum Gasteiger partial charge on any atom is 0.265 e. The van der Waals surface area contributed by atoms with E-state index in [1.54, 1.807) is 24.3 Å². The standard InChI is InChI=1S/C25H28N2O4S/c1-5-23(31-24-12-8-10-17(2)19(24)4)25(28)26-20-13-15-21(16-14-20)32(29,30)27-22-11-7-6-9-18(22)3/h6-16,23,27H,5H2,1-4H3,(H,26,28)/t23-/m1/s1. The van der Waals surface area contributed by atoms with Crippen molar-refractivity contribution in [2.24, 2.45) is 0 Å². The van der Waals surface area contributed by atoms with E-state index in [1.807, 2.05) is 58.0 Å². The summed E-state index contributed by atoms with van der Waals surface area (Å²) in [7, 11) is -3.74. The number of rotatable bonds is 8. The van der Waals surface area contributed by atoms with Gasteiger partial charge in [0.15, 0.2) is 6.10 Å². The zero-order valence-corrected chi connectivity index (χ0v) is 19.5. The van der Waals surface area contributed by atoms with Crippen LogP contribution in [0.5, 0.6) is 5.75 Å². The first-order valence-corrected chi connectivity index (χ1v) is 11.9. The van der Waals surface area contributed by atoms with Gasteiger partial charge in [-0.25, -0.2) is 8.42 Å². The van der Waals surface area contributed by atoms with Crippen LogP contribution < -0.4 is 14.8 Å². The number of anilines is 2. The summed E-state index contributed by atoms with van der Waals surface area (Å²) in [6.07, 6.45) is -0.173. The van der Waals surface area contributed by atoms with Crippen LogP contribution in [-0.2, 0) is 14.8 Å². The minimum atomic E-state index is -3.74. The Hall–Kier alpha value is -3.32. The van der Waals surface area contributed by atoms with Crippen LogP contribution in [0.25, 0.3) is 0 Å². The fourth-order valence-electron chi connectivity index (χ4n) is 3.16. The first kappa shape index (κ1) is 23.3. The summed E-state index contributed by atoms with van der Waals surface area (Å²) in [5.74, 6) is 0.387. The Balaban J connectivity index is 1.69. The van der Waals surface area contributed by atoms with Gasteiger partial charge in [-0.15, -0.1) is 0 Å². The molecule has 0 aromatic heterocycles. The first-order chi connectivity index (χ1) is 15.2. The van der Waals surface area contributed by atoms with Crippen molar-refractivity contribution in [1.82, 2.24) is 0 Å². The SMILES string of the molecule is CC[C@@H](Oc1cccc(C)c1C)C(=O)Nc1ccc(S(=O)(=O)Nc2ccccc2C)cc1. The van der Waals surface area contributed by atoms with Crippen LogP contribution in [0.15, 0.2) is 71.6 Å². The molecule has 2 N–H and O–H groups in total. The highest BCUT2D eigenvalue weighted by molar-refractivity contribution is 7.92. The van der Waals surface area contributed by atoms with Crippen molar-refractivity contribution < 1.29 is 17.9 Å². The van der Waals surface area contributed by atoms with Crippen LogP contribution in [0.3, 0.4) is 0 Å². The highest BCUT2D eigenvalue weighted by atomic mass is 32.2. The number of para-hydroxylation sites is 1. The van der Waals surface area contributed by atoms with E-state index in [2.05, 4.69) is 10.0 Å². The Morgan fingerprint density at radius 3 is 2.22 bits per heavy atom. The number of hydrogen-bond acceptors (Lipinski definition) is 4. The molecule has 1 atom stereocenters. The Labute approximate surface area is 189 Å². The number of amides is 1. The van der Waals surface area contributed by atoms with E-state index >= 15 is 0 Å². The van der Waals surface area contributed by atoms with E-state index in [9.17, 15) is 13.2 Å². The zero-order valence-electron chi connectivity index (χ0n) is 18.7. The van der Waals surface area contributed by atoms with E-state index in [4.69, 9.17) is 4.74 Å². The van der Waals surface area contributed by atoms with Gasteiger partial charge in [-0.1, -0.05) is 37.3 Å². The number of benzene rings is 3. The lowest BCUT2D eigenvalue weighted by molar-refractivity contribution is -0.122. The molecular formula is C25H28N2O4S.